The van der Waals surface area contributed by atoms with Crippen LogP contribution in [-0.2, 0) is 9.53 Å². The molecule has 1 unspecified atom stereocenters. The highest BCUT2D eigenvalue weighted by atomic mass is 79.9. The van der Waals surface area contributed by atoms with Gasteiger partial charge in [0, 0.05) is 17.6 Å². The molecule has 0 spiro atoms. The molecular formula is C14H20BrNO4. The van der Waals surface area contributed by atoms with Gasteiger partial charge in [-0.1, -0.05) is 15.9 Å². The van der Waals surface area contributed by atoms with Crippen molar-refractivity contribution in [3.63, 3.8) is 0 Å². The van der Waals surface area contributed by atoms with Crippen LogP contribution in [0.15, 0.2) is 28.7 Å². The molecule has 0 radical (unpaired) electrons. The lowest BCUT2D eigenvalue weighted by Gasteiger charge is -2.14. The van der Waals surface area contributed by atoms with E-state index in [-0.39, 0.29) is 12.5 Å². The topological polar surface area (TPSA) is 67.8 Å². The molecule has 112 valence electrons. The van der Waals surface area contributed by atoms with Crippen LogP contribution >= 0.6 is 15.9 Å². The van der Waals surface area contributed by atoms with Crippen LogP contribution in [0.1, 0.15) is 13.3 Å². The summed E-state index contributed by atoms with van der Waals surface area (Å²) in [5, 5.41) is 11.3. The molecule has 0 saturated heterocycles. The standard InChI is InChI=1S/C14H20BrNO4/c1-11(20-13-5-3-12(15)4-6-13)14(18)16-7-2-9-19-10-8-17/h3-6,11,17H,2,7-10H2,1H3,(H,16,18). The number of ether oxygens (including phenoxy) is 2. The zero-order chi connectivity index (χ0) is 14.8. The van der Waals surface area contributed by atoms with Gasteiger partial charge >= 0.3 is 0 Å². The van der Waals surface area contributed by atoms with Crippen LogP contribution in [0.4, 0.5) is 0 Å². The van der Waals surface area contributed by atoms with Crippen molar-refractivity contribution < 1.29 is 19.4 Å². The summed E-state index contributed by atoms with van der Waals surface area (Å²) in [5.74, 6) is 0.497. The summed E-state index contributed by atoms with van der Waals surface area (Å²) < 4.78 is 11.6. The number of nitrogens with one attached hydrogen (secondary N) is 1. The third-order valence-electron chi connectivity index (χ3n) is 2.50. The van der Waals surface area contributed by atoms with Gasteiger partial charge in [-0.3, -0.25) is 4.79 Å². The average molecular weight is 346 g/mol. The first-order valence-electron chi connectivity index (χ1n) is 6.52. The second kappa shape index (κ2) is 9.74. The molecule has 1 atom stereocenters. The molecule has 1 aromatic carbocycles. The Bertz CT molecular complexity index is 397. The minimum atomic E-state index is -0.547. The summed E-state index contributed by atoms with van der Waals surface area (Å²) in [7, 11) is 0. The van der Waals surface area contributed by atoms with Gasteiger partial charge in [-0.2, -0.15) is 0 Å². The van der Waals surface area contributed by atoms with E-state index in [0.717, 1.165) is 4.47 Å². The number of aliphatic hydroxyl groups excluding tert-OH is 1. The predicted molar refractivity (Wildman–Crippen MR) is 79.8 cm³/mol. The monoisotopic (exact) mass is 345 g/mol. The van der Waals surface area contributed by atoms with Crippen molar-refractivity contribution in [1.82, 2.24) is 5.32 Å². The van der Waals surface area contributed by atoms with Gasteiger partial charge in [-0.25, -0.2) is 0 Å². The molecule has 0 aliphatic carbocycles. The molecule has 0 bridgehead atoms. The molecule has 0 fully saturated rings. The zero-order valence-corrected chi connectivity index (χ0v) is 13.1. The van der Waals surface area contributed by atoms with E-state index in [4.69, 9.17) is 14.6 Å². The number of hydrogen-bond donors (Lipinski definition) is 2. The molecule has 5 nitrogen and oxygen atoms in total. The van der Waals surface area contributed by atoms with Gasteiger partial charge in [0.05, 0.1) is 13.2 Å². The average Bonchev–Trinajstić information content (AvgIpc) is 2.45. The number of rotatable bonds is 9. The summed E-state index contributed by atoms with van der Waals surface area (Å²) >= 11 is 3.34. The van der Waals surface area contributed by atoms with E-state index >= 15 is 0 Å². The van der Waals surface area contributed by atoms with Crippen molar-refractivity contribution in [2.45, 2.75) is 19.4 Å². The summed E-state index contributed by atoms with van der Waals surface area (Å²) in [5.41, 5.74) is 0. The Balaban J connectivity index is 2.20. The fourth-order valence-electron chi connectivity index (χ4n) is 1.47. The van der Waals surface area contributed by atoms with Crippen molar-refractivity contribution in [3.8, 4) is 5.75 Å². The van der Waals surface area contributed by atoms with Crippen LogP contribution in [0.2, 0.25) is 0 Å². The van der Waals surface area contributed by atoms with Crippen molar-refractivity contribution >= 4 is 21.8 Å². The molecule has 1 rings (SSSR count). The lowest BCUT2D eigenvalue weighted by Crippen LogP contribution is -2.37. The molecular weight excluding hydrogens is 326 g/mol. The molecule has 0 saturated carbocycles. The van der Waals surface area contributed by atoms with Gasteiger partial charge in [0.1, 0.15) is 5.75 Å². The van der Waals surface area contributed by atoms with E-state index in [1.165, 1.54) is 0 Å². The maximum absolute atomic E-state index is 11.8. The maximum Gasteiger partial charge on any atom is 0.260 e. The number of halogens is 1. The number of aliphatic hydroxyl groups is 1. The molecule has 0 aromatic heterocycles. The third-order valence-corrected chi connectivity index (χ3v) is 3.02. The van der Waals surface area contributed by atoms with E-state index in [0.29, 0.717) is 31.9 Å². The van der Waals surface area contributed by atoms with Crippen LogP contribution in [0.3, 0.4) is 0 Å². The van der Waals surface area contributed by atoms with E-state index in [9.17, 15) is 4.79 Å². The SMILES string of the molecule is CC(Oc1ccc(Br)cc1)C(=O)NCCCOCCO. The number of carbonyl (C=O) groups excluding carboxylic acids is 1. The van der Waals surface area contributed by atoms with E-state index in [1.807, 2.05) is 12.1 Å². The highest BCUT2D eigenvalue weighted by Gasteiger charge is 2.13. The number of hydrogen-bond acceptors (Lipinski definition) is 4. The van der Waals surface area contributed by atoms with Gasteiger partial charge in [-0.05, 0) is 37.6 Å². The van der Waals surface area contributed by atoms with E-state index < -0.39 is 6.10 Å². The Morgan fingerprint density at radius 3 is 2.70 bits per heavy atom. The van der Waals surface area contributed by atoms with Crippen LogP contribution in [0.5, 0.6) is 5.75 Å². The first-order chi connectivity index (χ1) is 9.63. The van der Waals surface area contributed by atoms with Crippen LogP contribution in [-0.4, -0.2) is 43.5 Å². The fourth-order valence-corrected chi connectivity index (χ4v) is 1.73. The highest BCUT2D eigenvalue weighted by molar-refractivity contribution is 9.10. The number of benzene rings is 1. The Labute approximate surface area is 127 Å². The van der Waals surface area contributed by atoms with Crippen LogP contribution in [0, 0.1) is 0 Å². The number of carbonyl (C=O) groups is 1. The quantitative estimate of drug-likeness (QED) is 0.669. The highest BCUT2D eigenvalue weighted by Crippen LogP contribution is 2.17. The Kier molecular flexibility index (Phi) is 8.25. The molecule has 0 aliphatic heterocycles. The Morgan fingerprint density at radius 2 is 2.05 bits per heavy atom. The van der Waals surface area contributed by atoms with E-state index in [1.54, 1.807) is 19.1 Å². The van der Waals surface area contributed by atoms with Gasteiger partial charge in [0.25, 0.3) is 5.91 Å². The van der Waals surface area contributed by atoms with Crippen LogP contribution < -0.4 is 10.1 Å². The van der Waals surface area contributed by atoms with Crippen molar-refractivity contribution in [2.24, 2.45) is 0 Å². The first kappa shape index (κ1) is 16.9. The predicted octanol–water partition coefficient (Wildman–Crippen LogP) is 1.73. The lowest BCUT2D eigenvalue weighted by atomic mass is 10.3. The molecule has 1 aromatic rings. The largest absolute Gasteiger partial charge is 0.481 e. The molecule has 20 heavy (non-hydrogen) atoms. The smallest absolute Gasteiger partial charge is 0.260 e. The number of amides is 1. The van der Waals surface area contributed by atoms with Gasteiger partial charge in [-0.15, -0.1) is 0 Å². The zero-order valence-electron chi connectivity index (χ0n) is 11.5. The van der Waals surface area contributed by atoms with E-state index in [2.05, 4.69) is 21.2 Å². The molecule has 2 N–H and O–H groups in total. The summed E-state index contributed by atoms with van der Waals surface area (Å²) in [6.45, 7) is 3.10. The second-order valence-electron chi connectivity index (χ2n) is 4.19. The molecule has 0 heterocycles. The normalized spacial score (nSPS) is 11.9. The van der Waals surface area contributed by atoms with Crippen LogP contribution in [0.25, 0.3) is 0 Å². The molecule has 0 aliphatic rings. The van der Waals surface area contributed by atoms with Crippen molar-refractivity contribution in [2.75, 3.05) is 26.4 Å². The van der Waals surface area contributed by atoms with Gasteiger partial charge in [0.15, 0.2) is 6.10 Å². The summed E-state index contributed by atoms with van der Waals surface area (Å²) in [6.07, 6.45) is 0.158. The van der Waals surface area contributed by atoms with Gasteiger partial charge < -0.3 is 19.9 Å². The third kappa shape index (κ3) is 6.88. The minimum Gasteiger partial charge on any atom is -0.481 e. The minimum absolute atomic E-state index is 0.0183. The molecule has 1 amide bonds. The first-order valence-corrected chi connectivity index (χ1v) is 7.31. The fraction of sp³-hybridized carbons (Fsp3) is 0.500. The Hall–Kier alpha value is -1.11. The van der Waals surface area contributed by atoms with Crippen molar-refractivity contribution in [1.29, 1.82) is 0 Å². The maximum atomic E-state index is 11.8. The summed E-state index contributed by atoms with van der Waals surface area (Å²) in [6, 6.07) is 7.32. The van der Waals surface area contributed by atoms with Gasteiger partial charge in [0.2, 0.25) is 0 Å². The summed E-state index contributed by atoms with van der Waals surface area (Å²) in [4.78, 5) is 11.8. The second-order valence-corrected chi connectivity index (χ2v) is 5.11. The Morgan fingerprint density at radius 1 is 1.35 bits per heavy atom. The van der Waals surface area contributed by atoms with Crippen molar-refractivity contribution in [3.05, 3.63) is 28.7 Å². The lowest BCUT2D eigenvalue weighted by molar-refractivity contribution is -0.127. The molecule has 6 heteroatoms.